The van der Waals surface area contributed by atoms with Crippen LogP contribution in [0.1, 0.15) is 52.9 Å². The molecule has 0 radical (unpaired) electrons. The van der Waals surface area contributed by atoms with Gasteiger partial charge in [-0.05, 0) is 51.7 Å². The molecule has 0 spiro atoms. The van der Waals surface area contributed by atoms with Gasteiger partial charge in [0, 0.05) is 17.8 Å². The lowest BCUT2D eigenvalue weighted by Crippen LogP contribution is -2.27. The van der Waals surface area contributed by atoms with Crippen LogP contribution < -0.4 is 14.8 Å². The van der Waals surface area contributed by atoms with Crippen LogP contribution in [-0.2, 0) is 0 Å². The zero-order valence-electron chi connectivity index (χ0n) is 13.7. The van der Waals surface area contributed by atoms with Crippen molar-refractivity contribution in [1.82, 2.24) is 0 Å². The first kappa shape index (κ1) is 16.0. The molecule has 0 aromatic heterocycles. The third-order valence-corrected chi connectivity index (χ3v) is 4.29. The summed E-state index contributed by atoms with van der Waals surface area (Å²) in [5.41, 5.74) is 1.12. The molecule has 1 fully saturated rings. The first-order valence-electron chi connectivity index (χ1n) is 8.40. The molecule has 118 valence electrons. The highest BCUT2D eigenvalue weighted by Crippen LogP contribution is 2.33. The maximum Gasteiger partial charge on any atom is 0.163 e. The van der Waals surface area contributed by atoms with Crippen molar-refractivity contribution in [3.05, 3.63) is 18.2 Å². The third-order valence-electron chi connectivity index (χ3n) is 4.29. The van der Waals surface area contributed by atoms with Gasteiger partial charge in [-0.2, -0.15) is 0 Å². The first-order valence-corrected chi connectivity index (χ1v) is 8.40. The molecule has 0 aliphatic heterocycles. The molecule has 1 aliphatic carbocycles. The molecule has 0 saturated heterocycles. The lowest BCUT2D eigenvalue weighted by molar-refractivity contribution is 0.288. The highest BCUT2D eigenvalue weighted by Gasteiger charge is 2.20. The minimum atomic E-state index is 0.512. The molecule has 21 heavy (non-hydrogen) atoms. The Morgan fingerprint density at radius 2 is 1.71 bits per heavy atom. The smallest absolute Gasteiger partial charge is 0.163 e. The fourth-order valence-corrected chi connectivity index (χ4v) is 3.16. The van der Waals surface area contributed by atoms with Gasteiger partial charge in [0.05, 0.1) is 13.2 Å². The molecule has 1 saturated carbocycles. The van der Waals surface area contributed by atoms with Crippen LogP contribution in [0.25, 0.3) is 0 Å². The number of rotatable bonds is 7. The summed E-state index contributed by atoms with van der Waals surface area (Å²) in [5, 5.41) is 3.64. The summed E-state index contributed by atoms with van der Waals surface area (Å²) in [5.74, 6) is 2.45. The maximum atomic E-state index is 5.69. The Morgan fingerprint density at radius 3 is 2.38 bits per heavy atom. The Kier molecular flexibility index (Phi) is 6.21. The number of hydrogen-bond donors (Lipinski definition) is 1. The van der Waals surface area contributed by atoms with Gasteiger partial charge in [0.15, 0.2) is 11.5 Å². The third kappa shape index (κ3) is 4.55. The largest absolute Gasteiger partial charge is 0.490 e. The van der Waals surface area contributed by atoms with E-state index in [1.807, 2.05) is 19.9 Å². The molecule has 1 aliphatic rings. The van der Waals surface area contributed by atoms with Gasteiger partial charge in [-0.25, -0.2) is 0 Å². The summed E-state index contributed by atoms with van der Waals surface area (Å²) in [7, 11) is 0. The Balaban J connectivity index is 2.03. The fourth-order valence-electron chi connectivity index (χ4n) is 3.16. The van der Waals surface area contributed by atoms with Crippen molar-refractivity contribution in [2.24, 2.45) is 5.92 Å². The Labute approximate surface area is 129 Å². The van der Waals surface area contributed by atoms with Gasteiger partial charge in [-0.1, -0.05) is 19.3 Å². The number of ether oxygens (including phenoxy) is 2. The SMILES string of the molecule is CCOc1ccc(NC(C)C2CCCCC2)cc1OCC. The summed E-state index contributed by atoms with van der Waals surface area (Å²) < 4.78 is 11.3. The van der Waals surface area contributed by atoms with Gasteiger partial charge >= 0.3 is 0 Å². The molecule has 0 heterocycles. The summed E-state index contributed by atoms with van der Waals surface area (Å²) in [4.78, 5) is 0. The second-order valence-corrected chi connectivity index (χ2v) is 5.86. The van der Waals surface area contributed by atoms with Crippen LogP contribution in [-0.4, -0.2) is 19.3 Å². The molecule has 0 bridgehead atoms. The first-order chi connectivity index (χ1) is 10.2. The van der Waals surface area contributed by atoms with E-state index in [2.05, 4.69) is 24.4 Å². The predicted octanol–water partition coefficient (Wildman–Crippen LogP) is 4.86. The molecule has 3 heteroatoms. The van der Waals surface area contributed by atoms with Crippen LogP contribution in [0, 0.1) is 5.92 Å². The number of anilines is 1. The van der Waals surface area contributed by atoms with Gasteiger partial charge in [0.25, 0.3) is 0 Å². The second kappa shape index (κ2) is 8.16. The number of hydrogen-bond acceptors (Lipinski definition) is 3. The molecule has 1 N–H and O–H groups in total. The van der Waals surface area contributed by atoms with Crippen LogP contribution >= 0.6 is 0 Å². The maximum absolute atomic E-state index is 5.69. The summed E-state index contributed by atoms with van der Waals surface area (Å²) in [6.45, 7) is 7.60. The minimum Gasteiger partial charge on any atom is -0.490 e. The lowest BCUT2D eigenvalue weighted by Gasteiger charge is -2.29. The van der Waals surface area contributed by atoms with Crippen molar-refractivity contribution in [3.63, 3.8) is 0 Å². The number of benzene rings is 1. The van der Waals surface area contributed by atoms with Crippen LogP contribution in [0.2, 0.25) is 0 Å². The number of nitrogens with one attached hydrogen (secondary N) is 1. The second-order valence-electron chi connectivity index (χ2n) is 5.86. The molecular weight excluding hydrogens is 262 g/mol. The van der Waals surface area contributed by atoms with Gasteiger partial charge in [-0.3, -0.25) is 0 Å². The Morgan fingerprint density at radius 1 is 1.05 bits per heavy atom. The zero-order chi connectivity index (χ0) is 15.1. The molecule has 1 aromatic carbocycles. The average Bonchev–Trinajstić information content (AvgIpc) is 2.51. The van der Waals surface area contributed by atoms with Crippen LogP contribution in [0.5, 0.6) is 11.5 Å². The monoisotopic (exact) mass is 291 g/mol. The van der Waals surface area contributed by atoms with Crippen molar-refractivity contribution < 1.29 is 9.47 Å². The van der Waals surface area contributed by atoms with Crippen LogP contribution in [0.3, 0.4) is 0 Å². The standard InChI is InChI=1S/C18H29NO2/c1-4-20-17-12-11-16(13-18(17)21-5-2)19-14(3)15-9-7-6-8-10-15/h11-15,19H,4-10H2,1-3H3. The zero-order valence-corrected chi connectivity index (χ0v) is 13.7. The van der Waals surface area contributed by atoms with Crippen molar-refractivity contribution in [2.75, 3.05) is 18.5 Å². The quantitative estimate of drug-likeness (QED) is 0.778. The van der Waals surface area contributed by atoms with E-state index < -0.39 is 0 Å². The van der Waals surface area contributed by atoms with Crippen LogP contribution in [0.15, 0.2) is 18.2 Å². The van der Waals surface area contributed by atoms with E-state index >= 15 is 0 Å². The molecular formula is C18H29NO2. The highest BCUT2D eigenvalue weighted by molar-refractivity contribution is 5.55. The molecule has 1 atom stereocenters. The topological polar surface area (TPSA) is 30.5 Å². The fraction of sp³-hybridized carbons (Fsp3) is 0.667. The van der Waals surface area contributed by atoms with Crippen molar-refractivity contribution in [1.29, 1.82) is 0 Å². The van der Waals surface area contributed by atoms with Crippen LogP contribution in [0.4, 0.5) is 5.69 Å². The Hall–Kier alpha value is -1.38. The van der Waals surface area contributed by atoms with Crippen molar-refractivity contribution in [3.8, 4) is 11.5 Å². The molecule has 0 amide bonds. The summed E-state index contributed by atoms with van der Waals surface area (Å²) in [6.07, 6.45) is 6.86. The summed E-state index contributed by atoms with van der Waals surface area (Å²) >= 11 is 0. The average molecular weight is 291 g/mol. The molecule has 1 aromatic rings. The van der Waals surface area contributed by atoms with E-state index in [1.165, 1.54) is 32.1 Å². The van der Waals surface area contributed by atoms with E-state index in [-0.39, 0.29) is 0 Å². The predicted molar refractivity (Wildman–Crippen MR) is 88.4 cm³/mol. The van der Waals surface area contributed by atoms with E-state index in [0.29, 0.717) is 19.3 Å². The van der Waals surface area contributed by atoms with E-state index in [4.69, 9.17) is 9.47 Å². The van der Waals surface area contributed by atoms with Gasteiger partial charge in [0.1, 0.15) is 0 Å². The van der Waals surface area contributed by atoms with Crippen molar-refractivity contribution in [2.45, 2.75) is 58.9 Å². The van der Waals surface area contributed by atoms with E-state index in [0.717, 1.165) is 23.1 Å². The molecule has 3 nitrogen and oxygen atoms in total. The van der Waals surface area contributed by atoms with Gasteiger partial charge in [-0.15, -0.1) is 0 Å². The van der Waals surface area contributed by atoms with E-state index in [9.17, 15) is 0 Å². The Bertz CT molecular complexity index is 427. The minimum absolute atomic E-state index is 0.512. The molecule has 2 rings (SSSR count). The normalized spacial score (nSPS) is 17.3. The lowest BCUT2D eigenvalue weighted by atomic mass is 9.84. The highest BCUT2D eigenvalue weighted by atomic mass is 16.5. The van der Waals surface area contributed by atoms with Crippen molar-refractivity contribution >= 4 is 5.69 Å². The van der Waals surface area contributed by atoms with E-state index in [1.54, 1.807) is 0 Å². The summed E-state index contributed by atoms with van der Waals surface area (Å²) in [6, 6.07) is 6.67. The molecule has 1 unspecified atom stereocenters. The van der Waals surface area contributed by atoms with Gasteiger partial charge < -0.3 is 14.8 Å². The van der Waals surface area contributed by atoms with Gasteiger partial charge in [0.2, 0.25) is 0 Å².